The van der Waals surface area contributed by atoms with E-state index in [1.165, 1.54) is 5.01 Å². The standard InChI is InChI=1S/C8H9N3OS/c12-8-9-3-4-11(8)10-6-7-2-1-5-13-7/h1-2,5-6H,3-4H2,(H,9,12)/b10-6+. The van der Waals surface area contributed by atoms with Crippen LogP contribution in [0.15, 0.2) is 22.6 Å². The van der Waals surface area contributed by atoms with E-state index in [1.54, 1.807) is 17.6 Å². The highest BCUT2D eigenvalue weighted by molar-refractivity contribution is 7.11. The van der Waals surface area contributed by atoms with Crippen LogP contribution in [0.25, 0.3) is 0 Å². The van der Waals surface area contributed by atoms with Crippen LogP contribution in [-0.4, -0.2) is 30.3 Å². The van der Waals surface area contributed by atoms with Crippen LogP contribution in [0.4, 0.5) is 4.79 Å². The van der Waals surface area contributed by atoms with E-state index in [-0.39, 0.29) is 6.03 Å². The lowest BCUT2D eigenvalue weighted by Gasteiger charge is -2.04. The van der Waals surface area contributed by atoms with Gasteiger partial charge in [0.05, 0.1) is 12.8 Å². The summed E-state index contributed by atoms with van der Waals surface area (Å²) in [6.45, 7) is 1.33. The molecule has 2 rings (SSSR count). The third-order valence-corrected chi connectivity index (χ3v) is 2.51. The third kappa shape index (κ3) is 1.86. The molecule has 68 valence electrons. The maximum absolute atomic E-state index is 11.0. The first-order valence-corrected chi connectivity index (χ1v) is 4.87. The number of amides is 2. The van der Waals surface area contributed by atoms with Crippen molar-refractivity contribution < 1.29 is 4.79 Å². The van der Waals surface area contributed by atoms with Crippen molar-refractivity contribution in [1.82, 2.24) is 10.3 Å². The number of nitrogens with one attached hydrogen (secondary N) is 1. The molecule has 0 bridgehead atoms. The van der Waals surface area contributed by atoms with Gasteiger partial charge in [-0.2, -0.15) is 5.10 Å². The molecule has 1 aromatic rings. The van der Waals surface area contributed by atoms with Gasteiger partial charge in [0.1, 0.15) is 0 Å². The smallest absolute Gasteiger partial charge is 0.335 e. The minimum Gasteiger partial charge on any atom is -0.335 e. The zero-order chi connectivity index (χ0) is 9.10. The van der Waals surface area contributed by atoms with E-state index in [0.29, 0.717) is 13.1 Å². The molecule has 0 aliphatic carbocycles. The fourth-order valence-corrected chi connectivity index (χ4v) is 1.64. The predicted molar refractivity (Wildman–Crippen MR) is 52.0 cm³/mol. The van der Waals surface area contributed by atoms with Gasteiger partial charge in [0.25, 0.3) is 0 Å². The number of carbonyl (C=O) groups is 1. The Balaban J connectivity index is 2.01. The zero-order valence-corrected chi connectivity index (χ0v) is 7.75. The Bertz CT molecular complexity index is 320. The molecule has 0 unspecified atom stereocenters. The van der Waals surface area contributed by atoms with Crippen molar-refractivity contribution in [3.05, 3.63) is 22.4 Å². The van der Waals surface area contributed by atoms with E-state index in [0.717, 1.165) is 4.88 Å². The maximum atomic E-state index is 11.0. The van der Waals surface area contributed by atoms with Crippen LogP contribution in [0.2, 0.25) is 0 Å². The molecule has 1 aromatic heterocycles. The molecule has 0 radical (unpaired) electrons. The van der Waals surface area contributed by atoms with E-state index in [2.05, 4.69) is 10.4 Å². The first-order chi connectivity index (χ1) is 6.36. The third-order valence-electron chi connectivity index (χ3n) is 1.70. The van der Waals surface area contributed by atoms with Crippen molar-refractivity contribution >= 4 is 23.6 Å². The average Bonchev–Trinajstić information content (AvgIpc) is 2.72. The second-order valence-electron chi connectivity index (χ2n) is 2.62. The van der Waals surface area contributed by atoms with Crippen LogP contribution >= 0.6 is 11.3 Å². The van der Waals surface area contributed by atoms with Gasteiger partial charge in [0.15, 0.2) is 0 Å². The molecular formula is C8H9N3OS. The summed E-state index contributed by atoms with van der Waals surface area (Å²) in [5.41, 5.74) is 0. The van der Waals surface area contributed by atoms with Crippen LogP contribution in [-0.2, 0) is 0 Å². The second-order valence-corrected chi connectivity index (χ2v) is 3.59. The molecule has 0 atom stereocenters. The molecule has 1 aliphatic heterocycles. The number of urea groups is 1. The van der Waals surface area contributed by atoms with E-state index >= 15 is 0 Å². The first-order valence-electron chi connectivity index (χ1n) is 3.99. The molecule has 5 heteroatoms. The monoisotopic (exact) mass is 195 g/mol. The molecule has 1 fully saturated rings. The van der Waals surface area contributed by atoms with Crippen molar-refractivity contribution in [2.24, 2.45) is 5.10 Å². The Kier molecular flexibility index (Phi) is 2.27. The first kappa shape index (κ1) is 8.25. The van der Waals surface area contributed by atoms with Crippen molar-refractivity contribution in [2.75, 3.05) is 13.1 Å². The van der Waals surface area contributed by atoms with Gasteiger partial charge in [-0.05, 0) is 11.4 Å². The van der Waals surface area contributed by atoms with Crippen molar-refractivity contribution in [1.29, 1.82) is 0 Å². The normalized spacial score (nSPS) is 16.9. The van der Waals surface area contributed by atoms with Crippen molar-refractivity contribution in [3.63, 3.8) is 0 Å². The summed E-state index contributed by atoms with van der Waals surface area (Å²) in [6.07, 6.45) is 1.70. The van der Waals surface area contributed by atoms with Crippen LogP contribution in [0, 0.1) is 0 Å². The maximum Gasteiger partial charge on any atom is 0.337 e. The molecule has 2 heterocycles. The lowest BCUT2D eigenvalue weighted by molar-refractivity contribution is 0.219. The Morgan fingerprint density at radius 3 is 3.23 bits per heavy atom. The molecular weight excluding hydrogens is 186 g/mol. The molecule has 0 spiro atoms. The van der Waals surface area contributed by atoms with E-state index in [1.807, 2.05) is 17.5 Å². The minimum atomic E-state index is -0.118. The van der Waals surface area contributed by atoms with Gasteiger partial charge in [-0.3, -0.25) is 0 Å². The van der Waals surface area contributed by atoms with Crippen LogP contribution < -0.4 is 5.32 Å². The summed E-state index contributed by atoms with van der Waals surface area (Å²) in [7, 11) is 0. The molecule has 1 aliphatic rings. The number of hydrogen-bond acceptors (Lipinski definition) is 3. The van der Waals surface area contributed by atoms with Crippen LogP contribution in [0.3, 0.4) is 0 Å². The highest BCUT2D eigenvalue weighted by Crippen LogP contribution is 2.06. The largest absolute Gasteiger partial charge is 0.337 e. The van der Waals surface area contributed by atoms with Crippen LogP contribution in [0.1, 0.15) is 4.88 Å². The number of carbonyl (C=O) groups excluding carboxylic acids is 1. The zero-order valence-electron chi connectivity index (χ0n) is 6.93. The second kappa shape index (κ2) is 3.57. The summed E-state index contributed by atoms with van der Waals surface area (Å²) in [4.78, 5) is 12.1. The van der Waals surface area contributed by atoms with Gasteiger partial charge in [0, 0.05) is 11.4 Å². The highest BCUT2D eigenvalue weighted by Gasteiger charge is 2.17. The minimum absolute atomic E-state index is 0.118. The van der Waals surface area contributed by atoms with E-state index in [9.17, 15) is 4.79 Å². The lowest BCUT2D eigenvalue weighted by Crippen LogP contribution is -2.23. The SMILES string of the molecule is O=C1NCCN1/N=C/c1cccs1. The number of nitrogens with zero attached hydrogens (tertiary/aromatic N) is 2. The summed E-state index contributed by atoms with van der Waals surface area (Å²) >= 11 is 1.60. The summed E-state index contributed by atoms with van der Waals surface area (Å²) in [5.74, 6) is 0. The van der Waals surface area contributed by atoms with Gasteiger partial charge >= 0.3 is 6.03 Å². The topological polar surface area (TPSA) is 44.7 Å². The quantitative estimate of drug-likeness (QED) is 0.706. The lowest BCUT2D eigenvalue weighted by atomic mass is 10.5. The van der Waals surface area contributed by atoms with Gasteiger partial charge in [-0.25, -0.2) is 9.80 Å². The fraction of sp³-hybridized carbons (Fsp3) is 0.250. The Hall–Kier alpha value is -1.36. The number of hydrogen-bond donors (Lipinski definition) is 1. The number of hydrazone groups is 1. The van der Waals surface area contributed by atoms with Gasteiger partial charge in [-0.1, -0.05) is 6.07 Å². The summed E-state index contributed by atoms with van der Waals surface area (Å²) < 4.78 is 0. The highest BCUT2D eigenvalue weighted by atomic mass is 32.1. The molecule has 2 amide bonds. The van der Waals surface area contributed by atoms with Gasteiger partial charge < -0.3 is 5.32 Å². The van der Waals surface area contributed by atoms with Crippen molar-refractivity contribution in [3.8, 4) is 0 Å². The van der Waals surface area contributed by atoms with E-state index in [4.69, 9.17) is 0 Å². The Morgan fingerprint density at radius 2 is 2.62 bits per heavy atom. The number of rotatable bonds is 2. The predicted octanol–water partition coefficient (Wildman–Crippen LogP) is 1.11. The molecule has 4 nitrogen and oxygen atoms in total. The Morgan fingerprint density at radius 1 is 1.69 bits per heavy atom. The Labute approximate surface area is 79.9 Å². The average molecular weight is 195 g/mol. The molecule has 0 aromatic carbocycles. The summed E-state index contributed by atoms with van der Waals surface area (Å²) in [5, 5.41) is 10.1. The van der Waals surface area contributed by atoms with Gasteiger partial charge in [0.2, 0.25) is 0 Å². The molecule has 1 saturated heterocycles. The molecule has 13 heavy (non-hydrogen) atoms. The summed E-state index contributed by atoms with van der Waals surface area (Å²) in [6, 6.07) is 3.80. The van der Waals surface area contributed by atoms with Gasteiger partial charge in [-0.15, -0.1) is 11.3 Å². The fourth-order valence-electron chi connectivity index (χ4n) is 1.06. The van der Waals surface area contributed by atoms with E-state index < -0.39 is 0 Å². The number of thiophene rings is 1. The molecule has 0 saturated carbocycles. The molecule has 1 N–H and O–H groups in total. The van der Waals surface area contributed by atoms with Crippen molar-refractivity contribution in [2.45, 2.75) is 0 Å². The van der Waals surface area contributed by atoms with Crippen LogP contribution in [0.5, 0.6) is 0 Å².